The second-order valence-electron chi connectivity index (χ2n) is 5.32. The van der Waals surface area contributed by atoms with Crippen molar-refractivity contribution in [3.63, 3.8) is 0 Å². The van der Waals surface area contributed by atoms with E-state index in [2.05, 4.69) is 16.7 Å². The highest BCUT2D eigenvalue weighted by molar-refractivity contribution is 5.96. The van der Waals surface area contributed by atoms with Crippen molar-refractivity contribution in [3.8, 4) is 11.8 Å². The Morgan fingerprint density at radius 1 is 0.955 bits per heavy atom. The van der Waals surface area contributed by atoms with Crippen LogP contribution >= 0.6 is 0 Å². The highest BCUT2D eigenvalue weighted by atomic mass is 16.4. The van der Waals surface area contributed by atoms with Crippen LogP contribution in [-0.4, -0.2) is 24.2 Å². The van der Waals surface area contributed by atoms with Crippen molar-refractivity contribution in [1.82, 2.24) is 0 Å². The van der Waals surface area contributed by atoms with Crippen LogP contribution in [0.2, 0.25) is 0 Å². The van der Waals surface area contributed by atoms with Crippen LogP contribution in [0.1, 0.15) is 34.3 Å². The van der Waals surface area contributed by atoms with Crippen molar-refractivity contribution in [2.24, 2.45) is 0 Å². The first-order chi connectivity index (χ1) is 10.8. The molecule has 3 nitrogen and oxygen atoms in total. The molecule has 0 saturated carbocycles. The molecule has 1 saturated heterocycles. The molecule has 1 aliphatic heterocycles. The predicted molar refractivity (Wildman–Crippen MR) is 87.3 cm³/mol. The zero-order valence-electron chi connectivity index (χ0n) is 12.2. The number of hydrogen-bond acceptors (Lipinski definition) is 2. The highest BCUT2D eigenvalue weighted by Gasteiger charge is 2.21. The van der Waals surface area contributed by atoms with E-state index in [-0.39, 0.29) is 0 Å². The molecule has 110 valence electrons. The Kier molecular flexibility index (Phi) is 4.11. The molecule has 3 heteroatoms. The lowest BCUT2D eigenvalue weighted by atomic mass is 10.1. The summed E-state index contributed by atoms with van der Waals surface area (Å²) in [5, 5.41) is 9.46. The Labute approximate surface area is 130 Å². The molecule has 0 bridgehead atoms. The minimum absolute atomic E-state index is 0.335. The average molecular weight is 291 g/mol. The molecular weight excluding hydrogens is 274 g/mol. The third-order valence-corrected chi connectivity index (χ3v) is 3.80. The fraction of sp³-hybridized carbons (Fsp3) is 0.211. The summed E-state index contributed by atoms with van der Waals surface area (Å²) in [5.41, 5.74) is 2.80. The van der Waals surface area contributed by atoms with Crippen LogP contribution in [0.5, 0.6) is 0 Å². The van der Waals surface area contributed by atoms with E-state index in [1.807, 2.05) is 36.4 Å². The Balaban J connectivity index is 2.05. The second-order valence-corrected chi connectivity index (χ2v) is 5.32. The van der Waals surface area contributed by atoms with Gasteiger partial charge in [-0.2, -0.15) is 0 Å². The van der Waals surface area contributed by atoms with Gasteiger partial charge >= 0.3 is 5.97 Å². The first kappa shape index (κ1) is 14.2. The van der Waals surface area contributed by atoms with E-state index < -0.39 is 5.97 Å². The molecule has 22 heavy (non-hydrogen) atoms. The number of rotatable bonds is 2. The van der Waals surface area contributed by atoms with Gasteiger partial charge in [-0.15, -0.1) is 0 Å². The fourth-order valence-corrected chi connectivity index (χ4v) is 2.76. The van der Waals surface area contributed by atoms with E-state index in [0.29, 0.717) is 5.56 Å². The summed E-state index contributed by atoms with van der Waals surface area (Å²) < 4.78 is 0. The molecule has 0 aliphatic carbocycles. The van der Waals surface area contributed by atoms with E-state index >= 15 is 0 Å². The van der Waals surface area contributed by atoms with Crippen molar-refractivity contribution in [2.45, 2.75) is 12.8 Å². The summed E-state index contributed by atoms with van der Waals surface area (Å²) in [6, 6.07) is 15.1. The van der Waals surface area contributed by atoms with Gasteiger partial charge in [0.05, 0.1) is 11.3 Å². The quantitative estimate of drug-likeness (QED) is 0.862. The zero-order chi connectivity index (χ0) is 15.4. The standard InChI is InChI=1S/C19H17NO2/c21-19(22)17-10-6-9-16(18(17)20-13-4-5-14-20)12-11-15-7-2-1-3-8-15/h1-3,6-10H,4-5,13-14H2,(H,21,22). The van der Waals surface area contributed by atoms with Crippen LogP contribution in [0.15, 0.2) is 48.5 Å². The Morgan fingerprint density at radius 3 is 2.36 bits per heavy atom. The molecule has 2 aromatic rings. The smallest absolute Gasteiger partial charge is 0.337 e. The molecular formula is C19H17NO2. The van der Waals surface area contributed by atoms with Crippen molar-refractivity contribution in [3.05, 3.63) is 65.2 Å². The Bertz CT molecular complexity index is 735. The third-order valence-electron chi connectivity index (χ3n) is 3.80. The molecule has 1 heterocycles. The lowest BCUT2D eigenvalue weighted by Crippen LogP contribution is -2.22. The van der Waals surface area contributed by atoms with Gasteiger partial charge in [-0.25, -0.2) is 4.79 Å². The molecule has 0 aromatic heterocycles. The topological polar surface area (TPSA) is 40.5 Å². The van der Waals surface area contributed by atoms with Crippen LogP contribution in [0, 0.1) is 11.8 Å². The van der Waals surface area contributed by atoms with Crippen molar-refractivity contribution < 1.29 is 9.90 Å². The van der Waals surface area contributed by atoms with Crippen LogP contribution in [0.3, 0.4) is 0 Å². The first-order valence-corrected chi connectivity index (χ1v) is 7.44. The predicted octanol–water partition coefficient (Wildman–Crippen LogP) is 3.38. The van der Waals surface area contributed by atoms with Gasteiger partial charge in [0.15, 0.2) is 0 Å². The van der Waals surface area contributed by atoms with Crippen molar-refractivity contribution in [2.75, 3.05) is 18.0 Å². The zero-order valence-corrected chi connectivity index (χ0v) is 12.2. The van der Waals surface area contributed by atoms with Gasteiger partial charge < -0.3 is 10.0 Å². The number of carbonyl (C=O) groups is 1. The lowest BCUT2D eigenvalue weighted by Gasteiger charge is -2.21. The minimum atomic E-state index is -0.898. The minimum Gasteiger partial charge on any atom is -0.478 e. The molecule has 2 aromatic carbocycles. The maximum Gasteiger partial charge on any atom is 0.337 e. The maximum atomic E-state index is 11.5. The summed E-state index contributed by atoms with van der Waals surface area (Å²) in [6.07, 6.45) is 2.19. The lowest BCUT2D eigenvalue weighted by molar-refractivity contribution is 0.0697. The number of nitrogens with zero attached hydrogens (tertiary/aromatic N) is 1. The monoisotopic (exact) mass is 291 g/mol. The van der Waals surface area contributed by atoms with Gasteiger partial charge in [0.1, 0.15) is 0 Å². The number of carboxylic acid groups (broad SMARTS) is 1. The molecule has 0 unspecified atom stereocenters. The largest absolute Gasteiger partial charge is 0.478 e. The molecule has 1 N–H and O–H groups in total. The summed E-state index contributed by atoms with van der Waals surface area (Å²) in [6.45, 7) is 1.79. The first-order valence-electron chi connectivity index (χ1n) is 7.44. The summed E-state index contributed by atoms with van der Waals surface area (Å²) in [5.74, 6) is 5.37. The van der Waals surface area contributed by atoms with Gasteiger partial charge in [0.2, 0.25) is 0 Å². The van der Waals surface area contributed by atoms with E-state index in [9.17, 15) is 9.90 Å². The van der Waals surface area contributed by atoms with Gasteiger partial charge in [-0.05, 0) is 37.1 Å². The van der Waals surface area contributed by atoms with E-state index in [4.69, 9.17) is 0 Å². The summed E-state index contributed by atoms with van der Waals surface area (Å²) in [4.78, 5) is 13.7. The van der Waals surface area contributed by atoms with Gasteiger partial charge in [-0.1, -0.05) is 36.1 Å². The third kappa shape index (κ3) is 2.96. The van der Waals surface area contributed by atoms with Crippen LogP contribution in [-0.2, 0) is 0 Å². The maximum absolute atomic E-state index is 11.5. The van der Waals surface area contributed by atoms with Crippen LogP contribution in [0.4, 0.5) is 5.69 Å². The molecule has 3 rings (SSSR count). The number of carboxylic acids is 1. The molecule has 1 aliphatic rings. The Morgan fingerprint density at radius 2 is 1.68 bits per heavy atom. The number of anilines is 1. The number of aromatic carboxylic acids is 1. The van der Waals surface area contributed by atoms with E-state index in [1.165, 1.54) is 0 Å². The fourth-order valence-electron chi connectivity index (χ4n) is 2.76. The number of para-hydroxylation sites is 1. The van der Waals surface area contributed by atoms with Crippen LogP contribution < -0.4 is 4.90 Å². The van der Waals surface area contributed by atoms with Gasteiger partial charge in [0.25, 0.3) is 0 Å². The Hall–Kier alpha value is -2.73. The second kappa shape index (κ2) is 6.36. The molecule has 0 spiro atoms. The average Bonchev–Trinajstić information content (AvgIpc) is 3.07. The normalized spacial score (nSPS) is 13.5. The van der Waals surface area contributed by atoms with E-state index in [1.54, 1.807) is 12.1 Å². The van der Waals surface area contributed by atoms with Crippen LogP contribution in [0.25, 0.3) is 0 Å². The molecule has 0 amide bonds. The van der Waals surface area contributed by atoms with Gasteiger partial charge in [-0.3, -0.25) is 0 Å². The number of hydrogen-bond donors (Lipinski definition) is 1. The van der Waals surface area contributed by atoms with E-state index in [0.717, 1.165) is 42.7 Å². The van der Waals surface area contributed by atoms with Crippen molar-refractivity contribution >= 4 is 11.7 Å². The number of benzene rings is 2. The van der Waals surface area contributed by atoms with Gasteiger partial charge in [0, 0.05) is 24.2 Å². The summed E-state index contributed by atoms with van der Waals surface area (Å²) in [7, 11) is 0. The highest BCUT2D eigenvalue weighted by Crippen LogP contribution is 2.28. The van der Waals surface area contributed by atoms with Crippen molar-refractivity contribution in [1.29, 1.82) is 0 Å². The molecule has 1 fully saturated rings. The SMILES string of the molecule is O=C(O)c1cccc(C#Cc2ccccc2)c1N1CCCC1. The molecule has 0 atom stereocenters. The summed E-state index contributed by atoms with van der Waals surface area (Å²) >= 11 is 0. The molecule has 0 radical (unpaired) electrons.